The van der Waals surface area contributed by atoms with Gasteiger partial charge in [-0.05, 0) is 48.4 Å². The van der Waals surface area contributed by atoms with E-state index in [-0.39, 0.29) is 5.91 Å². The van der Waals surface area contributed by atoms with E-state index in [1.165, 1.54) is 11.1 Å². The Balaban J connectivity index is 1.95. The van der Waals surface area contributed by atoms with Gasteiger partial charge in [0.1, 0.15) is 6.29 Å². The molecule has 3 rings (SSSR count). The first kappa shape index (κ1) is 15.3. The summed E-state index contributed by atoms with van der Waals surface area (Å²) in [4.78, 5) is 13.7. The van der Waals surface area contributed by atoms with E-state index in [0.717, 1.165) is 18.4 Å². The molecule has 4 heteroatoms. The molecular formula is C18H25N3O. The fourth-order valence-electron chi connectivity index (χ4n) is 3.41. The largest absolute Gasteiger partial charge is 0.317 e. The van der Waals surface area contributed by atoms with Crippen LogP contribution in [0.2, 0.25) is 0 Å². The van der Waals surface area contributed by atoms with E-state index in [1.54, 1.807) is 11.9 Å². The minimum atomic E-state index is -0.444. The van der Waals surface area contributed by atoms with Gasteiger partial charge in [0, 0.05) is 13.5 Å². The molecule has 0 bridgehead atoms. The Morgan fingerprint density at radius 2 is 2.18 bits per heavy atom. The second-order valence-corrected chi connectivity index (χ2v) is 6.96. The smallest absolute Gasteiger partial charge is 0.226 e. The predicted octanol–water partition coefficient (Wildman–Crippen LogP) is 2.19. The summed E-state index contributed by atoms with van der Waals surface area (Å²) in [6, 6.07) is 6.56. The fraction of sp³-hybridized carbons (Fsp3) is 0.500. The number of allylic oxidation sites excluding steroid dienone is 1. The molecule has 1 aliphatic carbocycles. The minimum Gasteiger partial charge on any atom is -0.317 e. The van der Waals surface area contributed by atoms with E-state index in [4.69, 9.17) is 5.73 Å². The first-order valence-electron chi connectivity index (χ1n) is 7.98. The van der Waals surface area contributed by atoms with Crippen molar-refractivity contribution in [1.29, 1.82) is 0 Å². The van der Waals surface area contributed by atoms with Crippen LogP contribution < -0.4 is 11.1 Å². The number of benzene rings is 1. The molecule has 2 aliphatic rings. The number of fused-ring (bicyclic) bond motifs is 1. The van der Waals surface area contributed by atoms with E-state index in [2.05, 4.69) is 49.5 Å². The van der Waals surface area contributed by atoms with Crippen LogP contribution in [0.3, 0.4) is 0 Å². The Morgan fingerprint density at radius 1 is 1.41 bits per heavy atom. The lowest BCUT2D eigenvalue weighted by Crippen LogP contribution is -2.64. The third kappa shape index (κ3) is 2.69. The number of nitrogens with zero attached hydrogens (tertiary/aromatic N) is 1. The van der Waals surface area contributed by atoms with E-state index >= 15 is 0 Å². The zero-order chi connectivity index (χ0) is 15.9. The molecule has 1 fully saturated rings. The van der Waals surface area contributed by atoms with Crippen molar-refractivity contribution in [2.24, 2.45) is 11.7 Å². The average molecular weight is 299 g/mol. The number of carbonyl (C=O) groups is 1. The quantitative estimate of drug-likeness (QED) is 0.836. The maximum atomic E-state index is 12.2. The second kappa shape index (κ2) is 5.52. The van der Waals surface area contributed by atoms with Crippen molar-refractivity contribution >= 4 is 12.0 Å². The highest BCUT2D eigenvalue weighted by Gasteiger charge is 2.38. The van der Waals surface area contributed by atoms with Crippen LogP contribution in [0.4, 0.5) is 0 Å². The average Bonchev–Trinajstić information content (AvgIpc) is 2.64. The summed E-state index contributed by atoms with van der Waals surface area (Å²) in [5.41, 5.74) is 9.41. The van der Waals surface area contributed by atoms with Gasteiger partial charge >= 0.3 is 0 Å². The monoisotopic (exact) mass is 299 g/mol. The van der Waals surface area contributed by atoms with Crippen LogP contribution in [0.25, 0.3) is 6.08 Å². The van der Waals surface area contributed by atoms with Crippen LogP contribution in [0, 0.1) is 5.92 Å². The molecule has 1 saturated heterocycles. The molecule has 1 aromatic rings. The van der Waals surface area contributed by atoms with Gasteiger partial charge in [-0.15, -0.1) is 0 Å². The lowest BCUT2D eigenvalue weighted by molar-refractivity contribution is -0.139. The number of hydrogen-bond acceptors (Lipinski definition) is 3. The number of hydrogen-bond donors (Lipinski definition) is 2. The molecule has 0 saturated carbocycles. The fourth-order valence-corrected chi connectivity index (χ4v) is 3.41. The molecule has 0 radical (unpaired) electrons. The molecular weight excluding hydrogens is 274 g/mol. The summed E-state index contributed by atoms with van der Waals surface area (Å²) in [5, 5.41) is 3.38. The highest BCUT2D eigenvalue weighted by Crippen LogP contribution is 2.32. The minimum absolute atomic E-state index is 0.0767. The maximum absolute atomic E-state index is 12.2. The number of carbonyl (C=O) groups excluding carboxylic acids is 1. The van der Waals surface area contributed by atoms with Gasteiger partial charge in [0.05, 0.1) is 5.54 Å². The molecule has 1 aliphatic heterocycles. The topological polar surface area (TPSA) is 58.4 Å². The second-order valence-electron chi connectivity index (χ2n) is 6.96. The van der Waals surface area contributed by atoms with Gasteiger partial charge in [0.15, 0.2) is 0 Å². The van der Waals surface area contributed by atoms with Crippen LogP contribution in [-0.4, -0.2) is 24.1 Å². The molecule has 1 amide bonds. The number of rotatable bonds is 1. The molecule has 22 heavy (non-hydrogen) atoms. The predicted molar refractivity (Wildman–Crippen MR) is 88.8 cm³/mol. The zero-order valence-corrected chi connectivity index (χ0v) is 13.6. The molecule has 1 heterocycles. The highest BCUT2D eigenvalue weighted by atomic mass is 16.2. The third-order valence-electron chi connectivity index (χ3n) is 4.97. The molecule has 0 spiro atoms. The van der Waals surface area contributed by atoms with Gasteiger partial charge in [0.25, 0.3) is 0 Å². The van der Waals surface area contributed by atoms with Gasteiger partial charge in [-0.25, -0.2) is 0 Å². The number of nitrogens with one attached hydrogen (secondary N) is 1. The summed E-state index contributed by atoms with van der Waals surface area (Å²) in [6.45, 7) is 4.34. The lowest BCUT2D eigenvalue weighted by atomic mass is 9.84. The van der Waals surface area contributed by atoms with Crippen LogP contribution >= 0.6 is 0 Å². The Kier molecular flexibility index (Phi) is 3.83. The van der Waals surface area contributed by atoms with Crippen LogP contribution in [0.15, 0.2) is 24.3 Å². The zero-order valence-electron chi connectivity index (χ0n) is 13.6. The van der Waals surface area contributed by atoms with Gasteiger partial charge in [-0.1, -0.05) is 31.2 Å². The SMILES string of the molecule is CC1CC=Cc2cc([C@]3(C)CC(=O)N(C)C(N)N3)ccc2C1. The Hall–Kier alpha value is -1.65. The molecule has 2 unspecified atom stereocenters. The Labute approximate surface area is 132 Å². The summed E-state index contributed by atoms with van der Waals surface area (Å²) in [7, 11) is 1.74. The van der Waals surface area contributed by atoms with Gasteiger partial charge in [-0.3, -0.25) is 15.8 Å². The summed E-state index contributed by atoms with van der Waals surface area (Å²) >= 11 is 0. The first-order valence-corrected chi connectivity index (χ1v) is 7.98. The van der Waals surface area contributed by atoms with E-state index in [1.807, 2.05) is 0 Å². The van der Waals surface area contributed by atoms with Crippen LogP contribution in [0.5, 0.6) is 0 Å². The summed E-state index contributed by atoms with van der Waals surface area (Å²) < 4.78 is 0. The van der Waals surface area contributed by atoms with Crippen LogP contribution in [-0.2, 0) is 16.8 Å². The van der Waals surface area contributed by atoms with Crippen molar-refractivity contribution < 1.29 is 4.79 Å². The van der Waals surface area contributed by atoms with Gasteiger partial charge in [-0.2, -0.15) is 0 Å². The van der Waals surface area contributed by atoms with Crippen molar-refractivity contribution in [3.8, 4) is 0 Å². The molecule has 4 nitrogen and oxygen atoms in total. The van der Waals surface area contributed by atoms with E-state index < -0.39 is 11.8 Å². The maximum Gasteiger partial charge on any atom is 0.226 e. The standard InChI is InChI=1S/C18H25N3O/c1-12-5-4-6-13-10-15(8-7-14(13)9-12)18(2)11-16(22)21(3)17(19)20-18/h4,6-8,10,12,17,20H,5,9,11,19H2,1-3H3/t12?,17?,18-/m0/s1. The lowest BCUT2D eigenvalue weighted by Gasteiger charge is -2.43. The van der Waals surface area contributed by atoms with Crippen molar-refractivity contribution in [3.05, 3.63) is 41.0 Å². The highest BCUT2D eigenvalue weighted by molar-refractivity contribution is 5.78. The molecule has 3 N–H and O–H groups in total. The van der Waals surface area contributed by atoms with Crippen molar-refractivity contribution in [3.63, 3.8) is 0 Å². The number of amides is 1. The molecule has 3 atom stereocenters. The van der Waals surface area contributed by atoms with Crippen molar-refractivity contribution in [1.82, 2.24) is 10.2 Å². The molecule has 118 valence electrons. The Bertz CT molecular complexity index is 625. The Morgan fingerprint density at radius 3 is 2.91 bits per heavy atom. The normalized spacial score (nSPS) is 31.8. The van der Waals surface area contributed by atoms with Crippen molar-refractivity contribution in [2.45, 2.75) is 44.9 Å². The third-order valence-corrected chi connectivity index (χ3v) is 4.97. The van der Waals surface area contributed by atoms with Crippen molar-refractivity contribution in [2.75, 3.05) is 7.05 Å². The number of nitrogens with two attached hydrogens (primary N) is 1. The summed E-state index contributed by atoms with van der Waals surface area (Å²) in [6.07, 6.45) is 6.67. The van der Waals surface area contributed by atoms with Gasteiger partial charge < -0.3 is 4.90 Å². The summed E-state index contributed by atoms with van der Waals surface area (Å²) in [5.74, 6) is 0.753. The first-order chi connectivity index (χ1) is 10.4. The van der Waals surface area contributed by atoms with E-state index in [0.29, 0.717) is 12.3 Å². The van der Waals surface area contributed by atoms with E-state index in [9.17, 15) is 4.79 Å². The van der Waals surface area contributed by atoms with Crippen LogP contribution in [0.1, 0.15) is 43.4 Å². The molecule has 1 aromatic carbocycles. The molecule has 0 aromatic heterocycles. The van der Waals surface area contributed by atoms with Gasteiger partial charge in [0.2, 0.25) is 5.91 Å².